The molecule has 0 aliphatic carbocycles. The van der Waals surface area contributed by atoms with Crippen LogP contribution in [0.4, 0.5) is 14.5 Å². The van der Waals surface area contributed by atoms with Gasteiger partial charge in [0.15, 0.2) is 0 Å². The van der Waals surface area contributed by atoms with E-state index in [1.54, 1.807) is 0 Å². The first kappa shape index (κ1) is 20.1. The Bertz CT molecular complexity index is 1290. The first-order chi connectivity index (χ1) is 14.9. The van der Waals surface area contributed by atoms with Gasteiger partial charge in [0.05, 0.1) is 11.9 Å². The number of fused-ring (bicyclic) bond motifs is 1. The number of halogens is 2. The number of carbonyl (C=O) groups is 1. The molecule has 1 aromatic heterocycles. The van der Waals surface area contributed by atoms with Gasteiger partial charge in [0, 0.05) is 40.8 Å². The average molecular weight is 420 g/mol. The lowest BCUT2D eigenvalue weighted by atomic mass is 10.1. The highest BCUT2D eigenvalue weighted by molar-refractivity contribution is 6.00. The van der Waals surface area contributed by atoms with Crippen molar-refractivity contribution >= 4 is 28.7 Å². The van der Waals surface area contributed by atoms with E-state index in [0.29, 0.717) is 12.1 Å². The maximum absolute atomic E-state index is 13.5. The number of benzene rings is 3. The molecule has 0 atom stereocenters. The van der Waals surface area contributed by atoms with Crippen LogP contribution in [0.25, 0.3) is 10.9 Å². The highest BCUT2D eigenvalue weighted by Crippen LogP contribution is 2.22. The normalized spacial score (nSPS) is 11.3. The summed E-state index contributed by atoms with van der Waals surface area (Å²) < 4.78 is 28.8. The van der Waals surface area contributed by atoms with E-state index >= 15 is 0 Å². The number of nitrogens with zero attached hydrogens (tertiary/aromatic N) is 2. The molecule has 4 N–H and O–H groups in total. The molecule has 3 aromatic carbocycles. The molecule has 0 radical (unpaired) electrons. The molecule has 0 bridgehead atoms. The Morgan fingerprint density at radius 1 is 1.10 bits per heavy atom. The molecule has 0 spiro atoms. The van der Waals surface area contributed by atoms with Crippen LogP contribution in [-0.2, 0) is 6.54 Å². The number of aromatic nitrogens is 1. The lowest BCUT2D eigenvalue weighted by Gasteiger charge is -2.07. The molecule has 0 unspecified atom stereocenters. The van der Waals surface area contributed by atoms with Crippen LogP contribution in [0.5, 0.6) is 5.75 Å². The summed E-state index contributed by atoms with van der Waals surface area (Å²) in [5, 5.41) is 14.3. The average Bonchev–Trinajstić information content (AvgIpc) is 3.13. The number of nitrogens with one attached hydrogen (secondary N) is 1. The summed E-state index contributed by atoms with van der Waals surface area (Å²) in [6.45, 7) is 0.303. The van der Waals surface area contributed by atoms with Crippen molar-refractivity contribution in [3.63, 3.8) is 0 Å². The summed E-state index contributed by atoms with van der Waals surface area (Å²) in [7, 11) is 0. The molecular weight excluding hydrogens is 402 g/mol. The molecule has 156 valence electrons. The second kappa shape index (κ2) is 8.27. The fourth-order valence-corrected chi connectivity index (χ4v) is 3.32. The van der Waals surface area contributed by atoms with Gasteiger partial charge in [-0.15, -0.1) is 0 Å². The van der Waals surface area contributed by atoms with Crippen molar-refractivity contribution in [2.24, 2.45) is 5.10 Å². The second-order valence-corrected chi connectivity index (χ2v) is 6.97. The molecular formula is C23H18F2N4O2. The Balaban J connectivity index is 1.53. The number of amides is 1. The number of aromatic hydroxyl groups is 1. The summed E-state index contributed by atoms with van der Waals surface area (Å²) >= 11 is 0. The van der Waals surface area contributed by atoms with Crippen molar-refractivity contribution in [3.8, 4) is 5.75 Å². The number of anilines is 1. The lowest BCUT2D eigenvalue weighted by Crippen LogP contribution is -2.17. The van der Waals surface area contributed by atoms with Crippen LogP contribution in [-0.4, -0.2) is 21.8 Å². The van der Waals surface area contributed by atoms with Crippen molar-refractivity contribution in [1.82, 2.24) is 9.99 Å². The van der Waals surface area contributed by atoms with Gasteiger partial charge in [0.25, 0.3) is 5.91 Å². The number of phenolic OH excluding ortho intramolecular Hbond substituents is 1. The van der Waals surface area contributed by atoms with Crippen molar-refractivity contribution in [1.29, 1.82) is 0 Å². The summed E-state index contributed by atoms with van der Waals surface area (Å²) in [6, 6.07) is 15.0. The Morgan fingerprint density at radius 2 is 1.87 bits per heavy atom. The number of nitrogen functional groups attached to an aromatic ring is 1. The van der Waals surface area contributed by atoms with E-state index in [1.807, 2.05) is 35.0 Å². The zero-order valence-electron chi connectivity index (χ0n) is 16.2. The number of phenols is 1. The summed E-state index contributed by atoms with van der Waals surface area (Å²) in [5.41, 5.74) is 10.5. The van der Waals surface area contributed by atoms with Crippen molar-refractivity contribution in [2.45, 2.75) is 6.54 Å². The fraction of sp³-hybridized carbons (Fsp3) is 0.0435. The molecule has 4 aromatic rings. The predicted molar refractivity (Wildman–Crippen MR) is 115 cm³/mol. The van der Waals surface area contributed by atoms with Crippen molar-refractivity contribution < 1.29 is 18.7 Å². The third-order valence-electron chi connectivity index (χ3n) is 4.78. The smallest absolute Gasteiger partial charge is 0.271 e. The summed E-state index contributed by atoms with van der Waals surface area (Å²) in [4.78, 5) is 12.2. The molecule has 6 nitrogen and oxygen atoms in total. The molecule has 1 amide bonds. The van der Waals surface area contributed by atoms with Gasteiger partial charge in [-0.25, -0.2) is 14.2 Å². The van der Waals surface area contributed by atoms with E-state index in [1.165, 1.54) is 36.5 Å². The fourth-order valence-electron chi connectivity index (χ4n) is 3.32. The lowest BCUT2D eigenvalue weighted by molar-refractivity contribution is 0.0955. The third-order valence-corrected chi connectivity index (χ3v) is 4.78. The summed E-state index contributed by atoms with van der Waals surface area (Å²) in [5.74, 6) is -1.81. The highest BCUT2D eigenvalue weighted by Gasteiger charge is 2.09. The highest BCUT2D eigenvalue weighted by atomic mass is 19.1. The van der Waals surface area contributed by atoms with Crippen LogP contribution in [0.3, 0.4) is 0 Å². The predicted octanol–water partition coefficient (Wildman–Crippen LogP) is 4.02. The van der Waals surface area contributed by atoms with Gasteiger partial charge in [-0.2, -0.15) is 5.10 Å². The SMILES string of the molecule is Nc1cc(C(=O)N/N=C/c2cccc3c2ccn3Cc2cc(F)cc(F)c2)ccc1O. The standard InChI is InChI=1S/C23H18F2N4O2/c24-17-8-14(9-18(25)11-17)13-29-7-6-19-16(2-1-3-21(19)29)12-27-28-23(31)15-4-5-22(30)20(26)10-15/h1-12,30H,13,26H2,(H,28,31)/b27-12+. The number of nitrogens with two attached hydrogens (primary N) is 1. The van der Waals surface area contributed by atoms with E-state index in [9.17, 15) is 18.7 Å². The maximum Gasteiger partial charge on any atom is 0.271 e. The maximum atomic E-state index is 13.5. The molecule has 0 aliphatic rings. The van der Waals surface area contributed by atoms with Crippen LogP contribution >= 0.6 is 0 Å². The Kier molecular flexibility index (Phi) is 5.36. The van der Waals surface area contributed by atoms with Gasteiger partial charge >= 0.3 is 0 Å². The van der Waals surface area contributed by atoms with E-state index in [2.05, 4.69) is 10.5 Å². The number of carbonyl (C=O) groups excluding carboxylic acids is 1. The van der Waals surface area contributed by atoms with Crippen molar-refractivity contribution in [2.75, 3.05) is 5.73 Å². The van der Waals surface area contributed by atoms with Crippen LogP contribution in [0, 0.1) is 11.6 Å². The zero-order chi connectivity index (χ0) is 22.0. The molecule has 1 heterocycles. The molecule has 0 saturated heterocycles. The molecule has 0 fully saturated rings. The van der Waals surface area contributed by atoms with Crippen LogP contribution in [0.1, 0.15) is 21.5 Å². The largest absolute Gasteiger partial charge is 0.506 e. The van der Waals surface area contributed by atoms with Crippen LogP contribution in [0.2, 0.25) is 0 Å². The van der Waals surface area contributed by atoms with Crippen LogP contribution in [0.15, 0.2) is 72.0 Å². The molecule has 8 heteroatoms. The van der Waals surface area contributed by atoms with Gasteiger partial charge in [-0.05, 0) is 48.0 Å². The van der Waals surface area contributed by atoms with E-state index in [4.69, 9.17) is 5.73 Å². The minimum atomic E-state index is -0.620. The first-order valence-electron chi connectivity index (χ1n) is 9.35. The molecule has 31 heavy (non-hydrogen) atoms. The number of hydrazone groups is 1. The number of rotatable bonds is 5. The minimum Gasteiger partial charge on any atom is -0.506 e. The van der Waals surface area contributed by atoms with Crippen molar-refractivity contribution in [3.05, 3.63) is 95.2 Å². The zero-order valence-corrected chi connectivity index (χ0v) is 16.2. The summed E-state index contributed by atoms with van der Waals surface area (Å²) in [6.07, 6.45) is 3.33. The Hall–Kier alpha value is -4.20. The molecule has 0 saturated carbocycles. The van der Waals surface area contributed by atoms with Gasteiger partial charge < -0.3 is 15.4 Å². The molecule has 4 rings (SSSR count). The van der Waals surface area contributed by atoms with E-state index in [-0.39, 0.29) is 17.0 Å². The number of hydrogen-bond acceptors (Lipinski definition) is 4. The first-order valence-corrected chi connectivity index (χ1v) is 9.35. The quantitative estimate of drug-likeness (QED) is 0.197. The second-order valence-electron chi connectivity index (χ2n) is 6.97. The van der Waals surface area contributed by atoms with Gasteiger partial charge in [-0.1, -0.05) is 12.1 Å². The van der Waals surface area contributed by atoms with Crippen LogP contribution < -0.4 is 11.2 Å². The van der Waals surface area contributed by atoms with Gasteiger partial charge in [-0.3, -0.25) is 4.79 Å². The Labute approximate surface area is 176 Å². The van der Waals surface area contributed by atoms with E-state index in [0.717, 1.165) is 22.5 Å². The topological polar surface area (TPSA) is 92.6 Å². The third kappa shape index (κ3) is 4.37. The minimum absolute atomic E-state index is 0.0981. The monoisotopic (exact) mass is 420 g/mol. The number of hydrogen-bond donors (Lipinski definition) is 3. The van der Waals surface area contributed by atoms with Gasteiger partial charge in [0.1, 0.15) is 17.4 Å². The van der Waals surface area contributed by atoms with Gasteiger partial charge in [0.2, 0.25) is 0 Å². The van der Waals surface area contributed by atoms with E-state index < -0.39 is 17.5 Å². The molecule has 0 aliphatic heterocycles. The Morgan fingerprint density at radius 3 is 2.61 bits per heavy atom.